The molecule has 740 valence electrons. The first-order chi connectivity index (χ1) is 69.8. The number of nitrogen functional groups attached to an aromatic ring is 6. The van der Waals surface area contributed by atoms with Crippen LogP contribution < -0.4 is 81.8 Å². The van der Waals surface area contributed by atoms with Crippen molar-refractivity contribution in [1.82, 2.24) is 64.7 Å². The van der Waals surface area contributed by atoms with Gasteiger partial charge in [0.25, 0.3) is 0 Å². The summed E-state index contributed by atoms with van der Waals surface area (Å²) >= 11 is 0. The highest BCUT2D eigenvalue weighted by Gasteiger charge is 2.22. The summed E-state index contributed by atoms with van der Waals surface area (Å²) in [4.78, 5) is 54.9. The van der Waals surface area contributed by atoms with Gasteiger partial charge in [0, 0.05) is 207 Å². The average molecular weight is 1960 g/mol. The fraction of sp³-hybridized carbons (Fsp3) is 0.196. The molecule has 0 bridgehead atoms. The standard InChI is InChI=1S/C22H25FN4O3.C18H18FN3O3.C18H19N3O3.C17H16FN3O2.C16H14FN3O.C16H12FN3O/c1-15-13-18-21(26-22(15)29-10-2-7-27-8-11-28-12-9-27)20(5-6-25-18)30-19-4-3-16(24)14-17(19)23;1-11-9-14-17(22-18(11)24-8-7-23-2)16(5-6-21-14)25-15-4-3-12(20)10-13(15)19;1-12-11-15-17(21-18(12)23-10-9-22-2)16(7-8-20-15)24-14-5-3-13(19)4-6-14;1-3-10-8-13-16(21-17(10)22-2)15(6-7-20-13)23-14-5-4-11(19)9-12(14)18;2*1-2-10-7-13-16(20-9-10)15(5-6-19-13)21-14-4-3-11(18)8-12(14)17/h3-6,13-14H,2,7-12,24H2,1H3;3-6,9-10H,7-8,20H2,1-2H3;3-8,11H,9-10,19H2,1-2H3;4-9H,3,19H2,1-2H3;3-9H,2,18H2,1H3;2-9H,1,18H2. The van der Waals surface area contributed by atoms with Crippen LogP contribution in [0.1, 0.15) is 53.6 Å². The predicted octanol–water partition coefficient (Wildman–Crippen LogP) is 21.6. The summed E-state index contributed by atoms with van der Waals surface area (Å²) in [6, 6.07) is 49.9. The van der Waals surface area contributed by atoms with E-state index in [1.165, 1.54) is 60.7 Å². The number of morpholine rings is 1. The van der Waals surface area contributed by atoms with Crippen LogP contribution in [-0.4, -0.2) is 152 Å². The number of hydrogen-bond acceptors (Lipinski definition) is 32. The van der Waals surface area contributed by atoms with E-state index >= 15 is 0 Å². The van der Waals surface area contributed by atoms with E-state index in [-0.39, 0.29) is 28.7 Å². The summed E-state index contributed by atoms with van der Waals surface area (Å²) in [5, 5.41) is 0. The van der Waals surface area contributed by atoms with E-state index in [4.69, 9.17) is 96.0 Å². The van der Waals surface area contributed by atoms with E-state index in [1.807, 2.05) is 83.1 Å². The van der Waals surface area contributed by atoms with Crippen LogP contribution in [0.4, 0.5) is 56.1 Å². The quantitative estimate of drug-likeness (QED) is 0.0144. The van der Waals surface area contributed by atoms with Gasteiger partial charge in [-0.25, -0.2) is 41.9 Å². The lowest BCUT2D eigenvalue weighted by Crippen LogP contribution is -2.37. The van der Waals surface area contributed by atoms with Gasteiger partial charge in [0.05, 0.1) is 73.2 Å². The first kappa shape index (κ1) is 103. The van der Waals surface area contributed by atoms with Crippen molar-refractivity contribution in [3.63, 3.8) is 0 Å². The first-order valence-electron chi connectivity index (χ1n) is 45.4. The maximum atomic E-state index is 14.2. The summed E-state index contributed by atoms with van der Waals surface area (Å²) < 4.78 is 142. The number of benzene rings is 6. The van der Waals surface area contributed by atoms with Crippen LogP contribution in [0, 0.1) is 49.9 Å². The number of methoxy groups -OCH3 is 3. The first-order valence-corrected chi connectivity index (χ1v) is 45.4. The molecule has 1 aliphatic rings. The third-order valence-corrected chi connectivity index (χ3v) is 21.6. The SMILES string of the molecule is C=Cc1cnc2c(Oc3ccc(N)cc3F)ccnc2c1.CCc1cc2nccc(Oc3ccc(N)cc3F)c2nc1OC.CCc1cnc2c(Oc3ccc(N)cc3F)ccnc2c1.COCCOc1nc2c(Oc3ccc(N)cc3)ccnc2cc1C.COCCOc1nc2c(Oc3ccc(N)cc3F)ccnc2cc1C.Cc1cc2nccc(Oc3ccc(N)cc3F)c2nc1OCCCN1CCOCC1. The molecule has 0 amide bonds. The van der Waals surface area contributed by atoms with Gasteiger partial charge in [0.1, 0.15) is 52.1 Å². The van der Waals surface area contributed by atoms with Crippen LogP contribution in [-0.2, 0) is 27.1 Å². The van der Waals surface area contributed by atoms with E-state index in [1.54, 1.807) is 156 Å². The summed E-state index contributed by atoms with van der Waals surface area (Å²) in [5.41, 5.74) is 48.7. The van der Waals surface area contributed by atoms with E-state index in [9.17, 15) is 22.0 Å². The molecule has 13 heterocycles. The number of aromatic nitrogens is 12. The second-order valence-corrected chi connectivity index (χ2v) is 32.0. The Morgan fingerprint density at radius 2 is 0.667 bits per heavy atom. The minimum atomic E-state index is -0.548. The second kappa shape index (κ2) is 49.5. The van der Waals surface area contributed by atoms with Crippen molar-refractivity contribution in [2.24, 2.45) is 0 Å². The Bertz CT molecular complexity index is 7540. The molecule has 0 saturated carbocycles. The van der Waals surface area contributed by atoms with Gasteiger partial charge < -0.3 is 96.0 Å². The predicted molar refractivity (Wildman–Crippen MR) is 544 cm³/mol. The van der Waals surface area contributed by atoms with Gasteiger partial charge in [-0.15, -0.1) is 0 Å². The molecule has 1 fully saturated rings. The number of nitrogens with two attached hydrogens (primary N) is 6. The molecule has 1 aliphatic heterocycles. The van der Waals surface area contributed by atoms with Gasteiger partial charge in [-0.1, -0.05) is 26.5 Å². The van der Waals surface area contributed by atoms with E-state index in [2.05, 4.69) is 71.3 Å². The summed E-state index contributed by atoms with van der Waals surface area (Å²) in [7, 11) is 4.79. The summed E-state index contributed by atoms with van der Waals surface area (Å²) in [6.45, 7) is 20.3. The van der Waals surface area contributed by atoms with Gasteiger partial charge in [-0.2, -0.15) is 0 Å². The molecule has 6 aromatic carbocycles. The van der Waals surface area contributed by atoms with Crippen LogP contribution in [0.5, 0.6) is 92.5 Å². The molecule has 144 heavy (non-hydrogen) atoms. The van der Waals surface area contributed by atoms with Crippen LogP contribution in [0.25, 0.3) is 72.3 Å². The van der Waals surface area contributed by atoms with Crippen molar-refractivity contribution >= 4 is 106 Å². The highest BCUT2D eigenvalue weighted by atomic mass is 19.1. The van der Waals surface area contributed by atoms with Crippen LogP contribution >= 0.6 is 0 Å². The second-order valence-electron chi connectivity index (χ2n) is 32.0. The maximum Gasteiger partial charge on any atom is 0.217 e. The Labute approximate surface area is 825 Å². The Balaban J connectivity index is 0.000000137. The van der Waals surface area contributed by atoms with Crippen molar-refractivity contribution in [1.29, 1.82) is 0 Å². The average Bonchev–Trinajstić information content (AvgIpc) is 0.800. The zero-order valence-electron chi connectivity index (χ0n) is 80.0. The number of rotatable bonds is 29. The fourth-order valence-electron chi connectivity index (χ4n) is 14.2. The van der Waals surface area contributed by atoms with Crippen molar-refractivity contribution in [3.8, 4) is 92.5 Å². The molecule has 19 rings (SSSR count). The zero-order valence-corrected chi connectivity index (χ0v) is 80.0. The van der Waals surface area contributed by atoms with Gasteiger partial charge in [0.2, 0.25) is 23.5 Å². The largest absolute Gasteiger partial charge is 0.481 e. The van der Waals surface area contributed by atoms with Gasteiger partial charge in [0.15, 0.2) is 92.3 Å². The van der Waals surface area contributed by atoms with Crippen LogP contribution in [0.3, 0.4) is 0 Å². The molecule has 0 aliphatic carbocycles. The summed E-state index contributed by atoms with van der Waals surface area (Å²) in [6.07, 6.45) is 17.3. The topological polar surface area (TPSA) is 434 Å². The third kappa shape index (κ3) is 27.2. The smallest absolute Gasteiger partial charge is 0.217 e. The number of pyridine rings is 12. The Morgan fingerprint density at radius 3 is 1.01 bits per heavy atom. The molecule has 0 radical (unpaired) electrons. The van der Waals surface area contributed by atoms with Crippen molar-refractivity contribution < 1.29 is 83.5 Å². The molecular formula is C107H104F5N19O13. The minimum absolute atomic E-state index is 0.0610. The van der Waals surface area contributed by atoms with Crippen molar-refractivity contribution in [2.75, 3.05) is 122 Å². The van der Waals surface area contributed by atoms with Crippen molar-refractivity contribution in [3.05, 3.63) is 307 Å². The highest BCUT2D eigenvalue weighted by Crippen LogP contribution is 2.40. The van der Waals surface area contributed by atoms with E-state index in [0.29, 0.717) is 186 Å². The third-order valence-electron chi connectivity index (χ3n) is 21.6. The minimum Gasteiger partial charge on any atom is -0.481 e. The molecule has 0 unspecified atom stereocenters. The number of hydrogen-bond donors (Lipinski definition) is 6. The maximum absolute atomic E-state index is 14.2. The van der Waals surface area contributed by atoms with Gasteiger partial charge in [-0.3, -0.25) is 44.8 Å². The number of fused-ring (bicyclic) bond motifs is 6. The number of aryl methyl sites for hydroxylation is 5. The molecule has 12 aromatic heterocycles. The molecule has 0 atom stereocenters. The van der Waals surface area contributed by atoms with E-state index in [0.717, 1.165) is 96.5 Å². The van der Waals surface area contributed by atoms with Crippen molar-refractivity contribution in [2.45, 2.75) is 53.9 Å². The lowest BCUT2D eigenvalue weighted by molar-refractivity contribution is 0.0357. The van der Waals surface area contributed by atoms with Crippen LogP contribution in [0.2, 0.25) is 0 Å². The zero-order chi connectivity index (χ0) is 102. The molecule has 32 nitrogen and oxygen atoms in total. The van der Waals surface area contributed by atoms with Crippen LogP contribution in [0.15, 0.2) is 244 Å². The van der Waals surface area contributed by atoms with E-state index < -0.39 is 29.1 Å². The molecule has 12 N–H and O–H groups in total. The Kier molecular flexibility index (Phi) is 35.3. The molecule has 18 aromatic rings. The molecule has 0 spiro atoms. The monoisotopic (exact) mass is 1960 g/mol. The van der Waals surface area contributed by atoms with Gasteiger partial charge in [-0.05, 0) is 172 Å². The highest BCUT2D eigenvalue weighted by molar-refractivity contribution is 5.87. The lowest BCUT2D eigenvalue weighted by atomic mass is 10.2. The Hall–Kier alpha value is -17.3. The molecule has 1 saturated heterocycles. The molecule has 37 heteroatoms. The normalized spacial score (nSPS) is 11.6. The van der Waals surface area contributed by atoms with Gasteiger partial charge >= 0.3 is 0 Å². The molecular weight excluding hydrogens is 1850 g/mol. The number of halogens is 5. The number of anilines is 6. The number of ether oxygens (including phenoxy) is 13. The summed E-state index contributed by atoms with van der Waals surface area (Å²) in [5.74, 6) is 3.18. The Morgan fingerprint density at radius 1 is 0.340 bits per heavy atom. The lowest BCUT2D eigenvalue weighted by Gasteiger charge is -2.26. The fourth-order valence-corrected chi connectivity index (χ4v) is 14.2. The number of nitrogens with zero attached hydrogens (tertiary/aromatic N) is 13.